The van der Waals surface area contributed by atoms with Crippen LogP contribution in [0.15, 0.2) is 59.5 Å². The molecular weight excluding hydrogens is 472 g/mol. The van der Waals surface area contributed by atoms with Crippen LogP contribution in [0.5, 0.6) is 0 Å². The smallest absolute Gasteiger partial charge is 0.368 e. The summed E-state index contributed by atoms with van der Waals surface area (Å²) in [4.78, 5) is 13.4. The fourth-order valence-electron chi connectivity index (χ4n) is 5.29. The van der Waals surface area contributed by atoms with E-state index < -0.39 is 43.4 Å². The van der Waals surface area contributed by atoms with Crippen molar-refractivity contribution in [3.63, 3.8) is 0 Å². The number of benzene rings is 2. The van der Waals surface area contributed by atoms with Crippen molar-refractivity contribution in [2.75, 3.05) is 0 Å². The molecule has 1 aliphatic heterocycles. The Labute approximate surface area is 195 Å². The van der Waals surface area contributed by atoms with Crippen LogP contribution in [0.3, 0.4) is 0 Å². The normalized spacial score (nSPS) is 28.6. The van der Waals surface area contributed by atoms with Crippen molar-refractivity contribution in [3.05, 3.63) is 65.7 Å². The summed E-state index contributed by atoms with van der Waals surface area (Å²) >= 11 is 0. The van der Waals surface area contributed by atoms with E-state index in [1.165, 1.54) is 0 Å². The number of likely N-dealkylation sites (tertiary alicyclic amines) is 1. The largest absolute Gasteiger partial charge is 0.416 e. The Bertz CT molecular complexity index is 1150. The van der Waals surface area contributed by atoms with Crippen molar-refractivity contribution in [1.29, 1.82) is 0 Å². The first-order valence-electron chi connectivity index (χ1n) is 11.2. The second-order valence-electron chi connectivity index (χ2n) is 9.01. The number of nitrogens with zero attached hydrogens (tertiary/aromatic N) is 1. The van der Waals surface area contributed by atoms with Gasteiger partial charge in [-0.25, -0.2) is 12.8 Å². The van der Waals surface area contributed by atoms with E-state index in [0.29, 0.717) is 18.9 Å². The lowest BCUT2D eigenvalue weighted by Gasteiger charge is -2.42. The number of carbonyl (C=O) groups is 1. The van der Waals surface area contributed by atoms with Gasteiger partial charge in [0.2, 0.25) is 20.7 Å². The summed E-state index contributed by atoms with van der Waals surface area (Å²) in [6, 6.07) is 11.8. The number of halogens is 4. The topological polar surface area (TPSA) is 80.5 Å². The van der Waals surface area contributed by atoms with Gasteiger partial charge < -0.3 is 5.73 Å². The van der Waals surface area contributed by atoms with Crippen LogP contribution in [-0.2, 0) is 20.8 Å². The average molecular weight is 499 g/mol. The van der Waals surface area contributed by atoms with Gasteiger partial charge in [-0.15, -0.1) is 0 Å². The lowest BCUT2D eigenvalue weighted by molar-refractivity contribution is -0.137. The number of hydrogen-bond acceptors (Lipinski definition) is 4. The zero-order chi connectivity index (χ0) is 24.7. The minimum atomic E-state index is -4.74. The van der Waals surface area contributed by atoms with Gasteiger partial charge in [0.05, 0.1) is 16.5 Å². The molecule has 1 amide bonds. The first-order chi connectivity index (χ1) is 15.9. The molecule has 1 aliphatic carbocycles. The molecule has 184 valence electrons. The highest BCUT2D eigenvalue weighted by molar-refractivity contribution is 7.92. The molecule has 10 heteroatoms. The number of nitrogens with two attached hydrogens (primary N) is 1. The molecule has 2 fully saturated rings. The number of alkyl halides is 4. The lowest BCUT2D eigenvalue weighted by atomic mass is 9.90. The third kappa shape index (κ3) is 4.45. The fraction of sp³-hybridized carbons (Fsp3) is 0.458. The summed E-state index contributed by atoms with van der Waals surface area (Å²) in [5.41, 5.74) is 5.50. The van der Waals surface area contributed by atoms with Crippen LogP contribution in [0.2, 0.25) is 0 Å². The van der Waals surface area contributed by atoms with Crippen LogP contribution in [-0.4, -0.2) is 36.3 Å². The molecule has 1 heterocycles. The Kier molecular flexibility index (Phi) is 6.50. The summed E-state index contributed by atoms with van der Waals surface area (Å²) < 4.78 is 81.1. The van der Waals surface area contributed by atoms with Gasteiger partial charge in [0.1, 0.15) is 0 Å². The number of sulfone groups is 1. The van der Waals surface area contributed by atoms with E-state index in [1.54, 1.807) is 0 Å². The van der Waals surface area contributed by atoms with Crippen LogP contribution in [0.1, 0.15) is 55.7 Å². The van der Waals surface area contributed by atoms with Gasteiger partial charge >= 0.3 is 6.18 Å². The van der Waals surface area contributed by atoms with Gasteiger partial charge in [-0.05, 0) is 62.3 Å². The van der Waals surface area contributed by atoms with Crippen molar-refractivity contribution < 1.29 is 30.8 Å². The Hall–Kier alpha value is -2.46. The molecule has 5 nitrogen and oxygen atoms in total. The molecule has 2 unspecified atom stereocenters. The number of primary amides is 1. The third-order valence-electron chi connectivity index (χ3n) is 7.02. The second kappa shape index (κ2) is 8.96. The third-order valence-corrected chi connectivity index (χ3v) is 9.27. The van der Waals surface area contributed by atoms with Crippen molar-refractivity contribution in [1.82, 2.24) is 4.90 Å². The van der Waals surface area contributed by atoms with E-state index in [-0.39, 0.29) is 37.8 Å². The molecule has 4 rings (SSSR count). The highest BCUT2D eigenvalue weighted by Crippen LogP contribution is 2.46. The molecule has 2 aromatic carbocycles. The highest BCUT2D eigenvalue weighted by Gasteiger charge is 2.51. The quantitative estimate of drug-likeness (QED) is 0.602. The van der Waals surface area contributed by atoms with Gasteiger partial charge in [0.25, 0.3) is 0 Å². The molecule has 34 heavy (non-hydrogen) atoms. The van der Waals surface area contributed by atoms with Crippen molar-refractivity contribution >= 4 is 15.7 Å². The predicted octanol–water partition coefficient (Wildman–Crippen LogP) is 4.78. The molecule has 1 saturated carbocycles. The number of amides is 1. The molecule has 2 atom stereocenters. The number of rotatable bonds is 5. The van der Waals surface area contributed by atoms with E-state index in [4.69, 9.17) is 5.73 Å². The first kappa shape index (κ1) is 24.7. The van der Waals surface area contributed by atoms with Crippen LogP contribution in [0.25, 0.3) is 0 Å². The molecule has 2 N–H and O–H groups in total. The van der Waals surface area contributed by atoms with Crippen molar-refractivity contribution in [2.45, 2.75) is 72.7 Å². The van der Waals surface area contributed by atoms with E-state index in [1.807, 2.05) is 35.2 Å². The van der Waals surface area contributed by atoms with Crippen LogP contribution in [0.4, 0.5) is 17.6 Å². The minimum absolute atomic E-state index is 0.101. The van der Waals surface area contributed by atoms with Gasteiger partial charge in [0, 0.05) is 12.1 Å². The molecule has 2 aromatic rings. The second-order valence-corrected chi connectivity index (χ2v) is 11.2. The molecule has 0 aromatic heterocycles. The minimum Gasteiger partial charge on any atom is -0.368 e. The number of hydrogen-bond donors (Lipinski definition) is 1. The first-order valence-corrected chi connectivity index (χ1v) is 12.6. The van der Waals surface area contributed by atoms with Crippen molar-refractivity contribution in [3.8, 4) is 0 Å². The Balaban J connectivity index is 1.57. The molecule has 0 radical (unpaired) electrons. The van der Waals surface area contributed by atoms with Gasteiger partial charge in [-0.1, -0.05) is 36.4 Å². The molecule has 0 bridgehead atoms. The highest BCUT2D eigenvalue weighted by atomic mass is 32.2. The standard InChI is InChI=1S/C24H26F4N2O3S/c25-23(34(32,33)19-8-4-7-17(15-19)24(26,27)28)13-11-18(12-14-23)30-20(9-10-21(30)22(29)31)16-5-2-1-3-6-16/h1-8,15,18,20-21H,9-14H2,(H2,29,31). The van der Waals surface area contributed by atoms with Crippen LogP contribution >= 0.6 is 0 Å². The zero-order valence-corrected chi connectivity index (χ0v) is 19.2. The van der Waals surface area contributed by atoms with Crippen LogP contribution in [0, 0.1) is 0 Å². The Morgan fingerprint density at radius 1 is 0.971 bits per heavy atom. The van der Waals surface area contributed by atoms with Crippen molar-refractivity contribution in [2.24, 2.45) is 5.73 Å². The maximum Gasteiger partial charge on any atom is 0.416 e. The monoisotopic (exact) mass is 498 g/mol. The Morgan fingerprint density at radius 2 is 1.62 bits per heavy atom. The van der Waals surface area contributed by atoms with Crippen LogP contribution < -0.4 is 5.73 Å². The summed E-state index contributed by atoms with van der Waals surface area (Å²) in [5.74, 6) is -0.480. The van der Waals surface area contributed by atoms with E-state index >= 15 is 4.39 Å². The SMILES string of the molecule is NC(=O)C1CCC(c2ccccc2)N1C1CCC(F)(S(=O)(=O)c2cccc(C(F)(F)F)c2)CC1. The van der Waals surface area contributed by atoms with E-state index in [9.17, 15) is 26.4 Å². The summed E-state index contributed by atoms with van der Waals surface area (Å²) in [6.07, 6.45) is -3.96. The lowest BCUT2D eigenvalue weighted by Crippen LogP contribution is -2.50. The zero-order valence-electron chi connectivity index (χ0n) is 18.3. The summed E-state index contributed by atoms with van der Waals surface area (Å²) in [7, 11) is -4.66. The molecule has 1 saturated heterocycles. The predicted molar refractivity (Wildman–Crippen MR) is 118 cm³/mol. The maximum absolute atomic E-state index is 15.8. The van der Waals surface area contributed by atoms with Gasteiger partial charge in [-0.2, -0.15) is 13.2 Å². The molecule has 2 aliphatic rings. The Morgan fingerprint density at radius 3 is 2.21 bits per heavy atom. The molecular formula is C24H26F4N2O3S. The average Bonchev–Trinajstić information content (AvgIpc) is 3.25. The fourth-order valence-corrected chi connectivity index (χ4v) is 7.03. The van der Waals surface area contributed by atoms with E-state index in [2.05, 4.69) is 0 Å². The van der Waals surface area contributed by atoms with E-state index in [0.717, 1.165) is 23.8 Å². The molecule has 0 spiro atoms. The number of carbonyl (C=O) groups excluding carboxylic acids is 1. The maximum atomic E-state index is 15.8. The van der Waals surface area contributed by atoms with Gasteiger partial charge in [0.15, 0.2) is 0 Å². The summed E-state index contributed by atoms with van der Waals surface area (Å²) in [6.45, 7) is 0. The van der Waals surface area contributed by atoms with Gasteiger partial charge in [-0.3, -0.25) is 9.69 Å². The summed E-state index contributed by atoms with van der Waals surface area (Å²) in [5, 5.41) is -2.68.